The monoisotopic (exact) mass is 450 g/mol. The van der Waals surface area contributed by atoms with E-state index in [0.717, 1.165) is 28.3 Å². The van der Waals surface area contributed by atoms with Crippen LogP contribution in [0, 0.1) is 6.92 Å². The van der Waals surface area contributed by atoms with Gasteiger partial charge in [0.05, 0.1) is 35.2 Å². The van der Waals surface area contributed by atoms with E-state index in [1.165, 1.54) is 0 Å². The molecule has 5 nitrogen and oxygen atoms in total. The summed E-state index contributed by atoms with van der Waals surface area (Å²) < 4.78 is 0. The first-order valence-corrected chi connectivity index (χ1v) is 7.96. The number of benzene rings is 2. The smallest absolute Gasteiger partial charge is 1.00 e. The zero-order valence-corrected chi connectivity index (χ0v) is 18.0. The summed E-state index contributed by atoms with van der Waals surface area (Å²) in [5.41, 5.74) is 10.5. The van der Waals surface area contributed by atoms with Crippen LogP contribution in [0.1, 0.15) is 17.0 Å². The van der Waals surface area contributed by atoms with E-state index in [4.69, 9.17) is 0 Å². The average Bonchev–Trinajstić information content (AvgIpc) is 2.63. The molecule has 0 aliphatic carbocycles. The van der Waals surface area contributed by atoms with Gasteiger partial charge >= 0.3 is 18.6 Å². The molecule has 143 valence electrons. The molecule has 0 amide bonds. The van der Waals surface area contributed by atoms with Crippen LogP contribution >= 0.6 is 0 Å². The Morgan fingerprint density at radius 2 is 1.11 bits per heavy atom. The maximum absolute atomic E-state index is 4.52. The zero-order valence-electron chi connectivity index (χ0n) is 15.1. The van der Waals surface area contributed by atoms with Gasteiger partial charge in [-0.15, -0.1) is 0 Å². The number of aryl methyl sites for hydroxylation is 1. The van der Waals surface area contributed by atoms with Crippen molar-refractivity contribution in [1.29, 1.82) is 0 Å². The summed E-state index contributed by atoms with van der Waals surface area (Å²) in [5.74, 6) is 0. The molecule has 0 aliphatic rings. The van der Waals surface area contributed by atoms with Crippen LogP contribution < -0.4 is 35.7 Å². The number of hydrazone groups is 2. The van der Waals surface area contributed by atoms with Gasteiger partial charge in [0.25, 0.3) is 0 Å². The van der Waals surface area contributed by atoms with Crippen molar-refractivity contribution in [3.63, 3.8) is 0 Å². The first-order chi connectivity index (χ1) is 12.3. The van der Waals surface area contributed by atoms with Gasteiger partial charge in [0.2, 0.25) is 0 Å². The summed E-state index contributed by atoms with van der Waals surface area (Å²) in [6.45, 7) is 2.02. The predicted molar refractivity (Wildman–Crippen MR) is 104 cm³/mol. The summed E-state index contributed by atoms with van der Waals surface area (Å²) in [7, 11) is 0. The zero-order chi connectivity index (χ0) is 17.3. The Bertz CT molecular complexity index is 805. The van der Waals surface area contributed by atoms with Crippen molar-refractivity contribution in [3.05, 3.63) is 89.7 Å². The fourth-order valence-corrected chi connectivity index (χ4v) is 2.23. The van der Waals surface area contributed by atoms with Gasteiger partial charge in [-0.05, 0) is 48.9 Å². The first-order valence-electron chi connectivity index (χ1n) is 7.96. The van der Waals surface area contributed by atoms with Crippen molar-refractivity contribution in [1.82, 2.24) is 4.98 Å². The molecule has 1 radical (unpaired) electrons. The minimum absolute atomic E-state index is 0. The third kappa shape index (κ3) is 8.59. The van der Waals surface area contributed by atoms with E-state index in [1.807, 2.05) is 79.7 Å². The molecule has 0 spiro atoms. The van der Waals surface area contributed by atoms with Crippen LogP contribution in [-0.4, -0.2) is 17.4 Å². The van der Waals surface area contributed by atoms with Crippen molar-refractivity contribution in [2.24, 2.45) is 10.2 Å². The summed E-state index contributed by atoms with van der Waals surface area (Å²) >= 11 is 0. The van der Waals surface area contributed by atoms with E-state index in [9.17, 15) is 0 Å². The fourth-order valence-electron chi connectivity index (χ4n) is 2.23. The fraction of sp³-hybridized carbons (Fsp3) is 0.0500. The standard InChI is InChI=1S/C20H19N5.2ClH.V/c1-16-12-19(14-21-24-17-8-4-2-5-9-17)23-20(13-16)15-22-25-18-10-6-3-7-11-18;;;/h2-15,24-25H,1H3;2*1H;/q;;;+2/p-2. The number of pyridine rings is 1. The average molecular weight is 451 g/mol. The first kappa shape index (κ1) is 25.7. The van der Waals surface area contributed by atoms with Gasteiger partial charge in [-0.3, -0.25) is 10.9 Å². The molecule has 1 aromatic heterocycles. The number of anilines is 2. The van der Waals surface area contributed by atoms with Gasteiger partial charge in [0, 0.05) is 0 Å². The van der Waals surface area contributed by atoms with Crippen LogP contribution in [0.2, 0.25) is 0 Å². The number of nitrogens with zero attached hydrogens (tertiary/aromatic N) is 3. The van der Waals surface area contributed by atoms with Crippen LogP contribution in [0.3, 0.4) is 0 Å². The summed E-state index contributed by atoms with van der Waals surface area (Å²) in [6, 6.07) is 23.5. The molecule has 3 aromatic rings. The quantitative estimate of drug-likeness (QED) is 0.347. The third-order valence-electron chi connectivity index (χ3n) is 3.34. The molecule has 2 aromatic carbocycles. The number of halogens is 2. The van der Waals surface area contributed by atoms with E-state index in [2.05, 4.69) is 26.0 Å². The van der Waals surface area contributed by atoms with Gasteiger partial charge in [0.15, 0.2) is 0 Å². The van der Waals surface area contributed by atoms with Gasteiger partial charge < -0.3 is 24.8 Å². The Hall–Kier alpha value is -2.31. The van der Waals surface area contributed by atoms with E-state index < -0.39 is 0 Å². The minimum Gasteiger partial charge on any atom is -1.00 e. The number of aromatic nitrogens is 1. The van der Waals surface area contributed by atoms with Gasteiger partial charge in [-0.1, -0.05) is 36.4 Å². The Morgan fingerprint density at radius 1 is 0.714 bits per heavy atom. The Kier molecular flexibility index (Phi) is 12.7. The normalized spacial score (nSPS) is 9.89. The molecule has 0 bridgehead atoms. The second-order valence-electron chi connectivity index (χ2n) is 5.47. The van der Waals surface area contributed by atoms with Crippen LogP contribution in [0.15, 0.2) is 83.0 Å². The van der Waals surface area contributed by atoms with Crippen molar-refractivity contribution < 1.29 is 43.4 Å². The van der Waals surface area contributed by atoms with Crippen molar-refractivity contribution in [2.45, 2.75) is 6.92 Å². The molecule has 1 heterocycles. The van der Waals surface area contributed by atoms with E-state index in [1.54, 1.807) is 12.4 Å². The van der Waals surface area contributed by atoms with Gasteiger partial charge in [-0.25, -0.2) is 4.98 Å². The molecule has 0 saturated carbocycles. The molecule has 8 heteroatoms. The summed E-state index contributed by atoms with van der Waals surface area (Å²) in [6.07, 6.45) is 3.39. The third-order valence-corrected chi connectivity index (χ3v) is 3.34. The van der Waals surface area contributed by atoms with Crippen molar-refractivity contribution in [3.8, 4) is 0 Å². The summed E-state index contributed by atoms with van der Waals surface area (Å²) in [5, 5.41) is 8.45. The molecule has 28 heavy (non-hydrogen) atoms. The number of para-hydroxylation sites is 2. The Balaban J connectivity index is 0.00000243. The molecular weight excluding hydrogens is 432 g/mol. The topological polar surface area (TPSA) is 61.7 Å². The molecular formula is C20H19Cl2N5V. The van der Waals surface area contributed by atoms with E-state index in [0.29, 0.717) is 0 Å². The molecule has 2 N–H and O–H groups in total. The summed E-state index contributed by atoms with van der Waals surface area (Å²) in [4.78, 5) is 4.52. The number of hydrogen-bond acceptors (Lipinski definition) is 5. The van der Waals surface area contributed by atoms with E-state index >= 15 is 0 Å². The SMILES string of the molecule is Cc1cc(C=NNc2ccccc2)nc(C=NNc2ccccc2)c1.[Cl-].[Cl-].[V+2]. The van der Waals surface area contributed by atoms with E-state index in [-0.39, 0.29) is 43.4 Å². The van der Waals surface area contributed by atoms with Gasteiger partial charge in [0.1, 0.15) is 0 Å². The Labute approximate surface area is 189 Å². The second kappa shape index (κ2) is 13.8. The number of hydrogen-bond donors (Lipinski definition) is 2. The van der Waals surface area contributed by atoms with Crippen LogP contribution in [0.25, 0.3) is 0 Å². The van der Waals surface area contributed by atoms with Crippen LogP contribution in [0.5, 0.6) is 0 Å². The molecule has 0 atom stereocenters. The molecule has 3 rings (SSSR count). The second-order valence-corrected chi connectivity index (χ2v) is 5.47. The number of rotatable bonds is 6. The number of nitrogens with one attached hydrogen (secondary N) is 2. The molecule has 0 saturated heterocycles. The Morgan fingerprint density at radius 3 is 1.50 bits per heavy atom. The minimum atomic E-state index is 0. The molecule has 0 unspecified atom stereocenters. The van der Waals surface area contributed by atoms with Crippen molar-refractivity contribution >= 4 is 23.8 Å². The maximum atomic E-state index is 4.52. The van der Waals surface area contributed by atoms with Gasteiger partial charge in [-0.2, -0.15) is 10.2 Å². The van der Waals surface area contributed by atoms with Crippen LogP contribution in [0.4, 0.5) is 11.4 Å². The van der Waals surface area contributed by atoms with Crippen molar-refractivity contribution in [2.75, 3.05) is 10.9 Å². The largest absolute Gasteiger partial charge is 2.00 e. The van der Waals surface area contributed by atoms with Crippen LogP contribution in [-0.2, 0) is 18.6 Å². The predicted octanol–water partition coefficient (Wildman–Crippen LogP) is -1.71. The molecule has 0 fully saturated rings. The molecule has 0 aliphatic heterocycles. The maximum Gasteiger partial charge on any atom is 2.00 e.